The zero-order valence-corrected chi connectivity index (χ0v) is 11.7. The molecule has 3 rings (SSSR count). The van der Waals surface area contributed by atoms with Gasteiger partial charge < -0.3 is 9.09 Å². The maximum atomic E-state index is 5.28. The van der Waals surface area contributed by atoms with Gasteiger partial charge in [0.05, 0.1) is 12.2 Å². The van der Waals surface area contributed by atoms with Crippen LogP contribution in [0.25, 0.3) is 0 Å². The first kappa shape index (κ1) is 12.7. The minimum Gasteiger partial charge on any atom is -0.359 e. The molecule has 0 fully saturated rings. The third-order valence-electron chi connectivity index (χ3n) is 3.44. The maximum absolute atomic E-state index is 5.28. The van der Waals surface area contributed by atoms with Crippen LogP contribution in [0, 0.1) is 6.92 Å². The van der Waals surface area contributed by atoms with Gasteiger partial charge in [0, 0.05) is 24.4 Å². The highest BCUT2D eigenvalue weighted by Crippen LogP contribution is 2.23. The second kappa shape index (κ2) is 5.33. The standard InChI is InChI=1S/C16H17N3O/c1-12-10-15(20-18-12)11-19-9-8-17-16(19)13(2)14-6-4-3-5-7-14/h3-10,13H,11H2,1-2H3/t13-/m0/s1. The van der Waals surface area contributed by atoms with Crippen LogP contribution in [0.1, 0.15) is 35.7 Å². The summed E-state index contributed by atoms with van der Waals surface area (Å²) in [5.41, 5.74) is 2.16. The van der Waals surface area contributed by atoms with E-state index in [2.05, 4.69) is 45.9 Å². The number of aryl methyl sites for hydroxylation is 1. The zero-order valence-electron chi connectivity index (χ0n) is 11.7. The molecule has 1 aromatic carbocycles. The molecule has 20 heavy (non-hydrogen) atoms. The van der Waals surface area contributed by atoms with Crippen molar-refractivity contribution in [2.24, 2.45) is 0 Å². The number of benzene rings is 1. The molecule has 0 saturated heterocycles. The smallest absolute Gasteiger partial charge is 0.156 e. The number of aromatic nitrogens is 3. The summed E-state index contributed by atoms with van der Waals surface area (Å²) in [4.78, 5) is 4.50. The van der Waals surface area contributed by atoms with Crippen LogP contribution in [0.4, 0.5) is 0 Å². The molecular formula is C16H17N3O. The summed E-state index contributed by atoms with van der Waals surface area (Å²) in [6.07, 6.45) is 3.81. The number of rotatable bonds is 4. The topological polar surface area (TPSA) is 43.9 Å². The van der Waals surface area contributed by atoms with Crippen molar-refractivity contribution in [3.05, 3.63) is 71.6 Å². The predicted octanol–water partition coefficient (Wildman–Crippen LogP) is 3.38. The molecule has 4 heteroatoms. The molecule has 2 heterocycles. The van der Waals surface area contributed by atoms with Gasteiger partial charge in [0.25, 0.3) is 0 Å². The van der Waals surface area contributed by atoms with Gasteiger partial charge in [-0.05, 0) is 12.5 Å². The minimum atomic E-state index is 0.246. The average Bonchev–Trinajstić information content (AvgIpc) is 3.09. The van der Waals surface area contributed by atoms with Gasteiger partial charge in [-0.1, -0.05) is 42.4 Å². The van der Waals surface area contributed by atoms with E-state index in [1.165, 1.54) is 5.56 Å². The first-order chi connectivity index (χ1) is 9.74. The van der Waals surface area contributed by atoms with Crippen LogP contribution in [0.2, 0.25) is 0 Å². The van der Waals surface area contributed by atoms with E-state index in [1.54, 1.807) is 0 Å². The molecule has 0 amide bonds. The van der Waals surface area contributed by atoms with Crippen LogP contribution in [-0.4, -0.2) is 14.7 Å². The van der Waals surface area contributed by atoms with Crippen LogP contribution >= 0.6 is 0 Å². The molecule has 4 nitrogen and oxygen atoms in total. The van der Waals surface area contributed by atoms with Crippen molar-refractivity contribution in [2.45, 2.75) is 26.3 Å². The van der Waals surface area contributed by atoms with Gasteiger partial charge in [0.2, 0.25) is 0 Å². The monoisotopic (exact) mass is 267 g/mol. The van der Waals surface area contributed by atoms with Gasteiger partial charge in [0.1, 0.15) is 5.82 Å². The lowest BCUT2D eigenvalue weighted by Crippen LogP contribution is -2.08. The minimum absolute atomic E-state index is 0.246. The second-order valence-electron chi connectivity index (χ2n) is 4.98. The van der Waals surface area contributed by atoms with Gasteiger partial charge >= 0.3 is 0 Å². The van der Waals surface area contributed by atoms with Crippen LogP contribution < -0.4 is 0 Å². The summed E-state index contributed by atoms with van der Waals surface area (Å²) in [5, 5.41) is 3.92. The maximum Gasteiger partial charge on any atom is 0.156 e. The normalized spacial score (nSPS) is 12.5. The lowest BCUT2D eigenvalue weighted by atomic mass is 10.0. The molecule has 0 spiro atoms. The quantitative estimate of drug-likeness (QED) is 0.728. The van der Waals surface area contributed by atoms with Crippen molar-refractivity contribution in [3.8, 4) is 0 Å². The highest BCUT2D eigenvalue weighted by Gasteiger charge is 2.15. The van der Waals surface area contributed by atoms with Gasteiger partial charge in [-0.15, -0.1) is 0 Å². The van der Waals surface area contributed by atoms with Crippen LogP contribution in [0.15, 0.2) is 53.3 Å². The molecule has 0 saturated carbocycles. The fraction of sp³-hybridized carbons (Fsp3) is 0.250. The van der Waals surface area contributed by atoms with E-state index in [9.17, 15) is 0 Å². The molecule has 0 radical (unpaired) electrons. The van der Waals surface area contributed by atoms with Crippen molar-refractivity contribution >= 4 is 0 Å². The number of hydrogen-bond donors (Lipinski definition) is 0. The Morgan fingerprint density at radius 1 is 1.25 bits per heavy atom. The fourth-order valence-electron chi connectivity index (χ4n) is 2.38. The Labute approximate surface area is 118 Å². The lowest BCUT2D eigenvalue weighted by molar-refractivity contribution is 0.371. The SMILES string of the molecule is Cc1cc(Cn2ccnc2[C@@H](C)c2ccccc2)on1. The van der Waals surface area contributed by atoms with Gasteiger partial charge in [-0.25, -0.2) is 4.98 Å². The summed E-state index contributed by atoms with van der Waals surface area (Å²) in [5.74, 6) is 2.13. The largest absolute Gasteiger partial charge is 0.359 e. The van der Waals surface area contributed by atoms with Gasteiger partial charge in [-0.2, -0.15) is 0 Å². The third-order valence-corrected chi connectivity index (χ3v) is 3.44. The molecule has 0 aliphatic rings. The molecule has 0 unspecified atom stereocenters. The molecular weight excluding hydrogens is 250 g/mol. The Hall–Kier alpha value is -2.36. The molecule has 1 atom stereocenters. The Balaban J connectivity index is 1.86. The van der Waals surface area contributed by atoms with Crippen LogP contribution in [-0.2, 0) is 6.54 Å². The molecule has 0 bridgehead atoms. The second-order valence-corrected chi connectivity index (χ2v) is 4.98. The average molecular weight is 267 g/mol. The first-order valence-electron chi connectivity index (χ1n) is 6.72. The summed E-state index contributed by atoms with van der Waals surface area (Å²) in [7, 11) is 0. The highest BCUT2D eigenvalue weighted by molar-refractivity contribution is 5.25. The molecule has 0 aliphatic heterocycles. The van der Waals surface area contributed by atoms with Gasteiger partial charge in [-0.3, -0.25) is 0 Å². The van der Waals surface area contributed by atoms with E-state index in [0.29, 0.717) is 6.54 Å². The Morgan fingerprint density at radius 2 is 2.05 bits per heavy atom. The van der Waals surface area contributed by atoms with Crippen molar-refractivity contribution in [3.63, 3.8) is 0 Å². The van der Waals surface area contributed by atoms with E-state index in [1.807, 2.05) is 31.5 Å². The van der Waals surface area contributed by atoms with E-state index >= 15 is 0 Å². The van der Waals surface area contributed by atoms with Crippen molar-refractivity contribution in [2.75, 3.05) is 0 Å². The van der Waals surface area contributed by atoms with E-state index in [-0.39, 0.29) is 5.92 Å². The van der Waals surface area contributed by atoms with Crippen molar-refractivity contribution in [1.82, 2.24) is 14.7 Å². The summed E-state index contributed by atoms with van der Waals surface area (Å²) in [6, 6.07) is 12.3. The van der Waals surface area contributed by atoms with E-state index < -0.39 is 0 Å². The Bertz CT molecular complexity index is 685. The number of imidazole rings is 1. The van der Waals surface area contributed by atoms with Crippen LogP contribution in [0.3, 0.4) is 0 Å². The Morgan fingerprint density at radius 3 is 2.75 bits per heavy atom. The summed E-state index contributed by atoms with van der Waals surface area (Å²) in [6.45, 7) is 4.75. The first-order valence-corrected chi connectivity index (χ1v) is 6.72. The number of nitrogens with zero attached hydrogens (tertiary/aromatic N) is 3. The molecule has 0 N–H and O–H groups in total. The predicted molar refractivity (Wildman–Crippen MR) is 76.5 cm³/mol. The van der Waals surface area contributed by atoms with Crippen LogP contribution in [0.5, 0.6) is 0 Å². The number of hydrogen-bond acceptors (Lipinski definition) is 3. The third kappa shape index (κ3) is 2.50. The molecule has 102 valence electrons. The zero-order chi connectivity index (χ0) is 13.9. The van der Waals surface area contributed by atoms with E-state index in [4.69, 9.17) is 4.52 Å². The molecule has 0 aliphatic carbocycles. The van der Waals surface area contributed by atoms with E-state index in [0.717, 1.165) is 17.3 Å². The van der Waals surface area contributed by atoms with Crippen molar-refractivity contribution < 1.29 is 4.52 Å². The lowest BCUT2D eigenvalue weighted by Gasteiger charge is -2.13. The Kier molecular flexibility index (Phi) is 3.37. The highest BCUT2D eigenvalue weighted by atomic mass is 16.5. The summed E-state index contributed by atoms with van der Waals surface area (Å²) >= 11 is 0. The summed E-state index contributed by atoms with van der Waals surface area (Å²) < 4.78 is 7.39. The van der Waals surface area contributed by atoms with Crippen molar-refractivity contribution in [1.29, 1.82) is 0 Å². The molecule has 2 aromatic heterocycles. The van der Waals surface area contributed by atoms with Gasteiger partial charge in [0.15, 0.2) is 5.76 Å². The fourth-order valence-corrected chi connectivity index (χ4v) is 2.38. The molecule has 3 aromatic rings.